The van der Waals surface area contributed by atoms with Gasteiger partial charge in [-0.05, 0) is 38.0 Å². The van der Waals surface area contributed by atoms with Gasteiger partial charge in [0.25, 0.3) is 11.8 Å². The molecule has 23 heavy (non-hydrogen) atoms. The summed E-state index contributed by atoms with van der Waals surface area (Å²) in [6, 6.07) is 7.20. The molecule has 1 aliphatic rings. The van der Waals surface area contributed by atoms with Crippen LogP contribution >= 0.6 is 0 Å². The fourth-order valence-electron chi connectivity index (χ4n) is 2.37. The molecule has 0 saturated carbocycles. The Morgan fingerprint density at radius 3 is 3.13 bits per heavy atom. The summed E-state index contributed by atoms with van der Waals surface area (Å²) in [5, 5.41) is 6.57. The fraction of sp³-hybridized carbons (Fsp3) is 0.438. The lowest BCUT2D eigenvalue weighted by Gasteiger charge is -2.11. The van der Waals surface area contributed by atoms with E-state index in [9.17, 15) is 4.79 Å². The van der Waals surface area contributed by atoms with Crippen molar-refractivity contribution in [3.8, 4) is 17.2 Å². The molecule has 1 N–H and O–H groups in total. The topological polar surface area (TPSA) is 86.5 Å². The summed E-state index contributed by atoms with van der Waals surface area (Å²) < 4.78 is 16.1. The highest BCUT2D eigenvalue weighted by Gasteiger charge is 2.16. The van der Waals surface area contributed by atoms with Gasteiger partial charge in [0.05, 0.1) is 6.10 Å². The van der Waals surface area contributed by atoms with Gasteiger partial charge in [0.2, 0.25) is 0 Å². The number of rotatable bonds is 6. The predicted molar refractivity (Wildman–Crippen MR) is 81.9 cm³/mol. The van der Waals surface area contributed by atoms with Gasteiger partial charge < -0.3 is 19.3 Å². The molecule has 2 heterocycles. The molecule has 1 amide bonds. The number of amides is 1. The smallest absolute Gasteiger partial charge is 0.258 e. The van der Waals surface area contributed by atoms with E-state index in [-0.39, 0.29) is 18.6 Å². The maximum absolute atomic E-state index is 11.8. The van der Waals surface area contributed by atoms with Gasteiger partial charge in [-0.2, -0.15) is 4.98 Å². The molecule has 0 radical (unpaired) electrons. The number of ether oxygens (including phenoxy) is 2. The number of aryl methyl sites for hydroxylation is 1. The molecule has 0 aliphatic carbocycles. The van der Waals surface area contributed by atoms with Crippen molar-refractivity contribution in [3.63, 3.8) is 0 Å². The van der Waals surface area contributed by atoms with Crippen LogP contribution in [0.3, 0.4) is 0 Å². The first kappa shape index (κ1) is 15.5. The lowest BCUT2D eigenvalue weighted by atomic mass is 10.2. The van der Waals surface area contributed by atoms with E-state index in [0.717, 1.165) is 25.0 Å². The summed E-state index contributed by atoms with van der Waals surface area (Å²) in [7, 11) is 0. The van der Waals surface area contributed by atoms with Gasteiger partial charge in [-0.1, -0.05) is 11.2 Å². The van der Waals surface area contributed by atoms with Gasteiger partial charge in [-0.15, -0.1) is 0 Å². The second-order valence-electron chi connectivity index (χ2n) is 5.40. The number of aromatic nitrogens is 2. The van der Waals surface area contributed by atoms with Crippen molar-refractivity contribution in [2.45, 2.75) is 25.9 Å². The summed E-state index contributed by atoms with van der Waals surface area (Å²) in [5.41, 5.74) is 0.753. The van der Waals surface area contributed by atoms with Crippen molar-refractivity contribution >= 4 is 5.91 Å². The Morgan fingerprint density at radius 2 is 2.39 bits per heavy atom. The highest BCUT2D eigenvalue weighted by Crippen LogP contribution is 2.22. The zero-order chi connectivity index (χ0) is 16.1. The van der Waals surface area contributed by atoms with Crippen molar-refractivity contribution < 1.29 is 18.8 Å². The summed E-state index contributed by atoms with van der Waals surface area (Å²) in [6.45, 7) is 3.02. The van der Waals surface area contributed by atoms with Crippen LogP contribution in [-0.2, 0) is 9.53 Å². The minimum absolute atomic E-state index is 0.0426. The van der Waals surface area contributed by atoms with Crippen LogP contribution in [-0.4, -0.2) is 41.9 Å². The van der Waals surface area contributed by atoms with E-state index in [2.05, 4.69) is 15.5 Å². The lowest BCUT2D eigenvalue weighted by molar-refractivity contribution is -0.123. The maximum Gasteiger partial charge on any atom is 0.258 e. The maximum atomic E-state index is 11.8. The van der Waals surface area contributed by atoms with Crippen molar-refractivity contribution in [1.82, 2.24) is 15.5 Å². The Kier molecular flexibility index (Phi) is 4.87. The van der Waals surface area contributed by atoms with Crippen molar-refractivity contribution in [2.24, 2.45) is 0 Å². The third kappa shape index (κ3) is 4.29. The van der Waals surface area contributed by atoms with Crippen LogP contribution in [0.25, 0.3) is 11.5 Å². The molecular formula is C16H19N3O4. The average Bonchev–Trinajstić information content (AvgIpc) is 3.23. The second kappa shape index (κ2) is 7.23. The van der Waals surface area contributed by atoms with Gasteiger partial charge in [0.1, 0.15) is 5.75 Å². The molecule has 1 atom stereocenters. The first-order valence-electron chi connectivity index (χ1n) is 7.62. The van der Waals surface area contributed by atoms with Crippen LogP contribution in [0.5, 0.6) is 5.75 Å². The largest absolute Gasteiger partial charge is 0.484 e. The fourth-order valence-corrected chi connectivity index (χ4v) is 2.37. The van der Waals surface area contributed by atoms with Crippen molar-refractivity contribution in [2.75, 3.05) is 19.8 Å². The molecule has 0 bridgehead atoms. The minimum Gasteiger partial charge on any atom is -0.484 e. The van der Waals surface area contributed by atoms with Crippen LogP contribution in [0.4, 0.5) is 0 Å². The van der Waals surface area contributed by atoms with Crippen LogP contribution in [0.2, 0.25) is 0 Å². The molecule has 1 saturated heterocycles. The normalized spacial score (nSPS) is 17.2. The first-order chi connectivity index (χ1) is 11.2. The van der Waals surface area contributed by atoms with E-state index in [1.54, 1.807) is 19.1 Å². The molecule has 122 valence electrons. The number of carbonyl (C=O) groups excluding carboxylic acids is 1. The van der Waals surface area contributed by atoms with Gasteiger partial charge in [-0.3, -0.25) is 4.79 Å². The van der Waals surface area contributed by atoms with Crippen LogP contribution in [0, 0.1) is 6.92 Å². The summed E-state index contributed by atoms with van der Waals surface area (Å²) in [6.07, 6.45) is 2.18. The summed E-state index contributed by atoms with van der Waals surface area (Å²) in [4.78, 5) is 16.0. The van der Waals surface area contributed by atoms with Gasteiger partial charge >= 0.3 is 0 Å². The highest BCUT2D eigenvalue weighted by molar-refractivity contribution is 5.77. The van der Waals surface area contributed by atoms with Gasteiger partial charge in [-0.25, -0.2) is 0 Å². The van der Waals surface area contributed by atoms with Crippen molar-refractivity contribution in [1.29, 1.82) is 0 Å². The van der Waals surface area contributed by atoms with Gasteiger partial charge in [0.15, 0.2) is 12.4 Å². The Balaban J connectivity index is 1.50. The molecule has 1 aromatic heterocycles. The van der Waals surface area contributed by atoms with Gasteiger partial charge in [0, 0.05) is 18.7 Å². The number of carbonyl (C=O) groups is 1. The van der Waals surface area contributed by atoms with E-state index < -0.39 is 0 Å². The monoisotopic (exact) mass is 317 g/mol. The Morgan fingerprint density at radius 1 is 1.48 bits per heavy atom. The van der Waals surface area contributed by atoms with E-state index in [1.807, 2.05) is 12.1 Å². The molecule has 7 heteroatoms. The number of hydrogen-bond acceptors (Lipinski definition) is 6. The van der Waals surface area contributed by atoms with Crippen LogP contribution in [0.15, 0.2) is 28.8 Å². The van der Waals surface area contributed by atoms with E-state index in [0.29, 0.717) is 24.0 Å². The number of nitrogens with one attached hydrogen (secondary N) is 1. The third-order valence-electron chi connectivity index (χ3n) is 3.53. The third-order valence-corrected chi connectivity index (χ3v) is 3.53. The molecule has 1 aromatic carbocycles. The molecule has 2 aromatic rings. The summed E-state index contributed by atoms with van der Waals surface area (Å²) >= 11 is 0. The molecule has 0 spiro atoms. The Bertz CT molecular complexity index is 665. The molecule has 7 nitrogen and oxygen atoms in total. The van der Waals surface area contributed by atoms with E-state index in [1.165, 1.54) is 0 Å². The molecule has 3 rings (SSSR count). The SMILES string of the molecule is Cc1noc(-c2cccc(OCC(=O)NCC3CCCO3)c2)n1. The first-order valence-corrected chi connectivity index (χ1v) is 7.62. The molecule has 1 aliphatic heterocycles. The molecular weight excluding hydrogens is 298 g/mol. The number of hydrogen-bond donors (Lipinski definition) is 1. The van der Waals surface area contributed by atoms with E-state index >= 15 is 0 Å². The zero-order valence-electron chi connectivity index (χ0n) is 12.9. The zero-order valence-corrected chi connectivity index (χ0v) is 12.9. The standard InChI is InChI=1S/C16H19N3O4/c1-11-18-16(23-19-11)12-4-2-5-13(8-12)22-10-15(20)17-9-14-6-3-7-21-14/h2,4-5,8,14H,3,6-7,9-10H2,1H3,(H,17,20). The molecule has 1 fully saturated rings. The minimum atomic E-state index is -0.167. The van der Waals surface area contributed by atoms with Crippen LogP contribution in [0.1, 0.15) is 18.7 Å². The Labute approximate surface area is 134 Å². The highest BCUT2D eigenvalue weighted by atomic mass is 16.5. The lowest BCUT2D eigenvalue weighted by Crippen LogP contribution is -2.35. The summed E-state index contributed by atoms with van der Waals surface area (Å²) in [5.74, 6) is 1.40. The Hall–Kier alpha value is -2.41. The number of nitrogens with zero attached hydrogens (tertiary/aromatic N) is 2. The second-order valence-corrected chi connectivity index (χ2v) is 5.40. The molecule has 1 unspecified atom stereocenters. The quantitative estimate of drug-likeness (QED) is 0.873. The predicted octanol–water partition coefficient (Wildman–Crippen LogP) is 1.72. The number of benzene rings is 1. The van der Waals surface area contributed by atoms with E-state index in [4.69, 9.17) is 14.0 Å². The van der Waals surface area contributed by atoms with Crippen LogP contribution < -0.4 is 10.1 Å². The average molecular weight is 317 g/mol. The van der Waals surface area contributed by atoms with Crippen molar-refractivity contribution in [3.05, 3.63) is 30.1 Å².